The number of nitrogens with zero attached hydrogens (tertiary/aromatic N) is 4. The molecule has 0 spiro atoms. The molecule has 0 amide bonds. The maximum absolute atomic E-state index is 14.1. The van der Waals surface area contributed by atoms with E-state index in [4.69, 9.17) is 21.6 Å². The van der Waals surface area contributed by atoms with E-state index in [0.717, 1.165) is 57.6 Å². The average molecular weight is 755 g/mol. The zero-order valence-electron chi connectivity index (χ0n) is 31.1. The minimum Gasteiger partial charge on any atom is -0.338 e. The number of rotatable bonds is 7. The van der Waals surface area contributed by atoms with Crippen LogP contribution in [0.5, 0.6) is 0 Å². The Morgan fingerprint density at radius 1 is 0.736 bits per heavy atom. The summed E-state index contributed by atoms with van der Waals surface area (Å²) >= 11 is 6.48. The first-order chi connectivity index (χ1) is 24.9. The van der Waals surface area contributed by atoms with E-state index in [1.165, 1.54) is 0 Å². The molecule has 1 heterocycles. The highest BCUT2D eigenvalue weighted by atomic mass is 35.5. The fourth-order valence-electron chi connectivity index (χ4n) is 6.89. The van der Waals surface area contributed by atoms with Crippen molar-refractivity contribution in [2.75, 3.05) is 19.8 Å². The number of aryl methyl sites for hydroxylation is 3. The monoisotopic (exact) mass is 754 g/mol. The Balaban J connectivity index is 1.76. The van der Waals surface area contributed by atoms with E-state index < -0.39 is 23.5 Å². The predicted octanol–water partition coefficient (Wildman–Crippen LogP) is 12.6. The Labute approximate surface area is 313 Å². The zero-order valence-corrected chi connectivity index (χ0v) is 31.8. The largest absolute Gasteiger partial charge is 0.416 e. The lowest BCUT2D eigenvalue weighted by molar-refractivity contribution is -0.143. The van der Waals surface area contributed by atoms with Gasteiger partial charge in [0.2, 0.25) is 0 Å². The highest BCUT2D eigenvalue weighted by Gasteiger charge is 2.38. The van der Waals surface area contributed by atoms with Gasteiger partial charge < -0.3 is 9.80 Å². The summed E-state index contributed by atoms with van der Waals surface area (Å²) in [6.07, 6.45) is -8.81. The van der Waals surface area contributed by atoms with Crippen LogP contribution < -0.4 is 0 Å². The lowest BCUT2D eigenvalue weighted by Gasteiger charge is -2.40. The summed E-state index contributed by atoms with van der Waals surface area (Å²) in [5.74, 6) is 0.959. The fourth-order valence-corrected chi connectivity index (χ4v) is 7.07. The van der Waals surface area contributed by atoms with Crippen molar-refractivity contribution < 1.29 is 26.3 Å². The quantitative estimate of drug-likeness (QED) is 0.107. The molecular formula is C42H45ClF6N4. The Bertz CT molecular complexity index is 1950. The lowest BCUT2D eigenvalue weighted by atomic mass is 9.92. The minimum atomic E-state index is -5.03. The van der Waals surface area contributed by atoms with Crippen LogP contribution in [0.15, 0.2) is 82.8 Å². The van der Waals surface area contributed by atoms with Gasteiger partial charge in [-0.1, -0.05) is 94.2 Å². The highest BCUT2D eigenvalue weighted by Crippen LogP contribution is 2.39. The molecule has 4 aromatic rings. The third-order valence-electron chi connectivity index (χ3n) is 9.45. The topological polar surface area (TPSA) is 31.2 Å². The maximum atomic E-state index is 14.1. The Morgan fingerprint density at radius 3 is 1.83 bits per heavy atom. The van der Waals surface area contributed by atoms with Gasteiger partial charge >= 0.3 is 12.4 Å². The second-order valence-electron chi connectivity index (χ2n) is 14.2. The van der Waals surface area contributed by atoms with Crippen molar-refractivity contribution in [2.24, 2.45) is 9.98 Å². The van der Waals surface area contributed by atoms with Crippen LogP contribution in [0.3, 0.4) is 0 Å². The normalized spacial score (nSPS) is 14.9. The molecule has 53 heavy (non-hydrogen) atoms. The van der Waals surface area contributed by atoms with E-state index in [1.807, 2.05) is 19.9 Å². The van der Waals surface area contributed by atoms with Crippen LogP contribution in [-0.4, -0.2) is 41.2 Å². The number of benzene rings is 4. The summed E-state index contributed by atoms with van der Waals surface area (Å²) in [5, 5.41) is 0.207. The summed E-state index contributed by atoms with van der Waals surface area (Å²) < 4.78 is 84.9. The average Bonchev–Trinajstić information content (AvgIpc) is 3.09. The summed E-state index contributed by atoms with van der Waals surface area (Å²) in [6.45, 7) is 15.6. The van der Waals surface area contributed by atoms with Crippen molar-refractivity contribution in [1.82, 2.24) is 9.80 Å². The van der Waals surface area contributed by atoms with E-state index in [0.29, 0.717) is 25.3 Å². The summed E-state index contributed by atoms with van der Waals surface area (Å²) in [7, 11) is 0. The molecule has 11 heteroatoms. The van der Waals surface area contributed by atoms with Crippen LogP contribution in [0.2, 0.25) is 5.02 Å². The van der Waals surface area contributed by atoms with Crippen molar-refractivity contribution >= 4 is 34.6 Å². The van der Waals surface area contributed by atoms with Crippen molar-refractivity contribution in [3.63, 3.8) is 0 Å². The van der Waals surface area contributed by atoms with Crippen LogP contribution in [0.4, 0.5) is 37.7 Å². The van der Waals surface area contributed by atoms with Crippen LogP contribution in [0.25, 0.3) is 0 Å². The SMILES string of the molecule is CCc1cc(C)cc(C)c1C(=Nc1c(C(C)C)cccc1C(C)C)N1CCCN(C(=Nc2ccccc2Cl)c2cc(C(F)(F)F)cc(C(F)(F)F)c2)C1. The van der Waals surface area contributed by atoms with E-state index in [9.17, 15) is 26.3 Å². The number of alkyl halides is 6. The molecule has 282 valence electrons. The molecule has 1 aliphatic heterocycles. The Morgan fingerprint density at radius 2 is 1.30 bits per heavy atom. The summed E-state index contributed by atoms with van der Waals surface area (Å²) in [6, 6.07) is 18.5. The molecule has 0 atom stereocenters. The molecule has 0 unspecified atom stereocenters. The molecule has 4 aromatic carbocycles. The molecule has 1 saturated heterocycles. The van der Waals surface area contributed by atoms with Gasteiger partial charge in [-0.05, 0) is 91.1 Å². The first-order valence-corrected chi connectivity index (χ1v) is 18.2. The smallest absolute Gasteiger partial charge is 0.338 e. The van der Waals surface area contributed by atoms with Gasteiger partial charge in [-0.15, -0.1) is 0 Å². The third-order valence-corrected chi connectivity index (χ3v) is 9.77. The van der Waals surface area contributed by atoms with Gasteiger partial charge in [-0.25, -0.2) is 9.98 Å². The van der Waals surface area contributed by atoms with Gasteiger partial charge in [0.1, 0.15) is 11.7 Å². The molecule has 5 rings (SSSR count). The molecule has 0 aromatic heterocycles. The van der Waals surface area contributed by atoms with E-state index in [1.54, 1.807) is 29.2 Å². The number of hydrogen-bond acceptors (Lipinski definition) is 2. The summed E-state index contributed by atoms with van der Waals surface area (Å²) in [5.41, 5.74) is 4.25. The number of aliphatic imine (C=N–C) groups is 2. The van der Waals surface area contributed by atoms with Gasteiger partial charge in [-0.3, -0.25) is 0 Å². The molecule has 0 bridgehead atoms. The van der Waals surface area contributed by atoms with Crippen LogP contribution in [-0.2, 0) is 18.8 Å². The summed E-state index contributed by atoms with van der Waals surface area (Å²) in [4.78, 5) is 14.0. The number of hydrogen-bond donors (Lipinski definition) is 0. The van der Waals surface area contributed by atoms with Gasteiger partial charge in [0.05, 0.1) is 34.2 Å². The number of para-hydroxylation sites is 2. The molecular weight excluding hydrogens is 710 g/mol. The molecule has 1 fully saturated rings. The lowest BCUT2D eigenvalue weighted by Crippen LogP contribution is -2.50. The van der Waals surface area contributed by atoms with Gasteiger partial charge in [0, 0.05) is 24.2 Å². The number of amidine groups is 2. The molecule has 1 aliphatic rings. The fraction of sp³-hybridized carbons (Fsp3) is 0.381. The molecule has 0 radical (unpaired) electrons. The number of halogens is 7. The predicted molar refractivity (Wildman–Crippen MR) is 203 cm³/mol. The van der Waals surface area contributed by atoms with E-state index in [-0.39, 0.29) is 46.7 Å². The van der Waals surface area contributed by atoms with Crippen LogP contribution in [0.1, 0.15) is 103 Å². The maximum Gasteiger partial charge on any atom is 0.416 e. The van der Waals surface area contributed by atoms with Crippen LogP contribution in [0, 0.1) is 13.8 Å². The third kappa shape index (κ3) is 9.08. The van der Waals surface area contributed by atoms with Crippen molar-refractivity contribution in [1.29, 1.82) is 0 Å². The molecule has 0 N–H and O–H groups in total. The van der Waals surface area contributed by atoms with Crippen molar-refractivity contribution in [3.8, 4) is 0 Å². The van der Waals surface area contributed by atoms with Gasteiger partial charge in [0.25, 0.3) is 0 Å². The van der Waals surface area contributed by atoms with Gasteiger partial charge in [-0.2, -0.15) is 26.3 Å². The van der Waals surface area contributed by atoms with Crippen molar-refractivity contribution in [2.45, 2.75) is 85.5 Å². The van der Waals surface area contributed by atoms with Gasteiger partial charge in [0.15, 0.2) is 0 Å². The zero-order chi connectivity index (χ0) is 38.8. The Kier molecular flexibility index (Phi) is 12.0. The molecule has 4 nitrogen and oxygen atoms in total. The standard InChI is InChI=1S/C42H45ClF6N4/c1-8-29-20-27(6)19-28(7)37(29)40(51-38-33(25(2)3)13-11-14-34(38)26(4)5)53-18-12-17-52(24-53)39(50-36-16-10-9-15-35(36)43)30-21-31(41(44,45)46)23-32(22-30)42(47,48)49/h9-11,13-16,19-23,25-26H,8,12,17-18,24H2,1-7H3. The first-order valence-electron chi connectivity index (χ1n) is 17.8. The van der Waals surface area contributed by atoms with E-state index in [2.05, 4.69) is 63.8 Å². The van der Waals surface area contributed by atoms with Crippen LogP contribution >= 0.6 is 11.6 Å². The molecule has 0 aliphatic carbocycles. The second kappa shape index (κ2) is 16.0. The minimum absolute atomic E-state index is 0.0551. The Hall–Kier alpha value is -4.31. The van der Waals surface area contributed by atoms with E-state index >= 15 is 0 Å². The molecule has 0 saturated carbocycles. The first kappa shape index (κ1) is 39.9. The second-order valence-corrected chi connectivity index (χ2v) is 14.6. The van der Waals surface area contributed by atoms with Crippen molar-refractivity contribution in [3.05, 3.63) is 128 Å². The highest BCUT2D eigenvalue weighted by molar-refractivity contribution is 6.33.